The number of hydrogen-bond donors (Lipinski definition) is 2. The number of halogens is 2. The van der Waals surface area contributed by atoms with E-state index in [1.165, 1.54) is 6.07 Å². The van der Waals surface area contributed by atoms with E-state index in [-0.39, 0.29) is 29.4 Å². The molecule has 0 unspecified atom stereocenters. The third-order valence-electron chi connectivity index (χ3n) is 9.74. The van der Waals surface area contributed by atoms with E-state index in [0.717, 1.165) is 56.1 Å². The van der Waals surface area contributed by atoms with Crippen molar-refractivity contribution in [1.29, 1.82) is 0 Å². The predicted molar refractivity (Wildman–Crippen MR) is 155 cm³/mol. The zero-order valence-electron chi connectivity index (χ0n) is 22.8. The van der Waals surface area contributed by atoms with Gasteiger partial charge < -0.3 is 20.1 Å². The molecule has 0 amide bonds. The van der Waals surface area contributed by atoms with Crippen LogP contribution in [0.3, 0.4) is 0 Å². The van der Waals surface area contributed by atoms with Crippen LogP contribution in [0.15, 0.2) is 48.5 Å². The number of aromatic hydroxyl groups is 1. The maximum Gasteiger partial charge on any atom is 0.319 e. The molecule has 4 fully saturated rings. The number of nitrogens with zero attached hydrogens (tertiary/aromatic N) is 4. The normalized spacial score (nSPS) is 27.7. The van der Waals surface area contributed by atoms with E-state index in [0.29, 0.717) is 47.4 Å². The van der Waals surface area contributed by atoms with E-state index in [1.54, 1.807) is 18.2 Å². The van der Waals surface area contributed by atoms with Crippen LogP contribution in [0.1, 0.15) is 32.1 Å². The molecule has 41 heavy (non-hydrogen) atoms. The van der Waals surface area contributed by atoms with Gasteiger partial charge in [0.1, 0.15) is 30.2 Å². The molecule has 0 radical (unpaired) electrons. The van der Waals surface area contributed by atoms with Crippen LogP contribution in [0, 0.1) is 5.82 Å². The quantitative estimate of drug-likeness (QED) is 0.350. The molecule has 212 valence electrons. The van der Waals surface area contributed by atoms with Crippen molar-refractivity contribution in [2.24, 2.45) is 0 Å². The van der Waals surface area contributed by atoms with Crippen molar-refractivity contribution in [3.05, 3.63) is 54.3 Å². The number of benzene rings is 3. The van der Waals surface area contributed by atoms with Crippen LogP contribution in [-0.4, -0.2) is 76.6 Å². The molecule has 1 aromatic heterocycles. The fraction of sp³-hybridized carbons (Fsp3) is 0.438. The van der Waals surface area contributed by atoms with Crippen LogP contribution in [0.5, 0.6) is 11.8 Å². The summed E-state index contributed by atoms with van der Waals surface area (Å²) in [6.07, 6.45) is 3.65. The standard InChI is InChI=1S/C32H33F2N5O2/c33-20-14-32(8-3-9-38(32)17-20)18-41-31-36-29-13-26(25-11-23(40)10-19-4-1-2-5-24(19)25)28(34)12-27(29)30(37-31)39-21-6-7-22(39)16-35-15-21/h1-2,4-5,10-13,20-22,35,40H,3,6-9,14-18H2/t20-,21-,22+,32+/m1/s1. The van der Waals surface area contributed by atoms with Crippen LogP contribution in [-0.2, 0) is 0 Å². The fourth-order valence-corrected chi connectivity index (χ4v) is 7.87. The van der Waals surface area contributed by atoms with E-state index in [9.17, 15) is 9.50 Å². The van der Waals surface area contributed by atoms with E-state index in [4.69, 9.17) is 14.7 Å². The first-order valence-electron chi connectivity index (χ1n) is 14.7. The average Bonchev–Trinajstić information content (AvgIpc) is 3.57. The Balaban J connectivity index is 1.26. The number of alkyl halides is 1. The average molecular weight is 558 g/mol. The number of hydrogen-bond acceptors (Lipinski definition) is 7. The number of rotatable bonds is 5. The van der Waals surface area contributed by atoms with Crippen molar-refractivity contribution in [3.63, 3.8) is 0 Å². The van der Waals surface area contributed by atoms with E-state index in [1.807, 2.05) is 24.3 Å². The highest BCUT2D eigenvalue weighted by Gasteiger charge is 2.49. The Morgan fingerprint density at radius 2 is 1.85 bits per heavy atom. The lowest BCUT2D eigenvalue weighted by molar-refractivity contribution is 0.107. The molecular weight excluding hydrogens is 524 g/mol. The number of aromatic nitrogens is 2. The first-order chi connectivity index (χ1) is 20.0. The molecule has 2 bridgehead atoms. The molecule has 8 rings (SSSR count). The summed E-state index contributed by atoms with van der Waals surface area (Å²) in [6.45, 7) is 3.38. The Bertz CT molecular complexity index is 1650. The Labute approximate surface area is 237 Å². The van der Waals surface area contributed by atoms with Crippen molar-refractivity contribution in [2.45, 2.75) is 55.9 Å². The lowest BCUT2D eigenvalue weighted by atomic mass is 9.95. The third-order valence-corrected chi connectivity index (χ3v) is 9.74. The number of phenols is 1. The van der Waals surface area contributed by atoms with Gasteiger partial charge in [0, 0.05) is 49.1 Å². The molecule has 4 aromatic rings. The van der Waals surface area contributed by atoms with Crippen molar-refractivity contribution in [2.75, 3.05) is 37.7 Å². The second kappa shape index (κ2) is 9.49. The summed E-state index contributed by atoms with van der Waals surface area (Å²) < 4.78 is 36.8. The lowest BCUT2D eigenvalue weighted by Gasteiger charge is -2.37. The van der Waals surface area contributed by atoms with Crippen molar-refractivity contribution in [1.82, 2.24) is 20.2 Å². The molecular formula is C32H33F2N5O2. The van der Waals surface area contributed by atoms with Crippen LogP contribution in [0.25, 0.3) is 32.8 Å². The van der Waals surface area contributed by atoms with Gasteiger partial charge in [-0.25, -0.2) is 8.78 Å². The number of nitrogens with one attached hydrogen (secondary N) is 1. The Kier molecular flexibility index (Phi) is 5.83. The number of fused-ring (bicyclic) bond motifs is 5. The van der Waals surface area contributed by atoms with E-state index < -0.39 is 12.0 Å². The zero-order chi connectivity index (χ0) is 27.7. The minimum Gasteiger partial charge on any atom is -0.508 e. The van der Waals surface area contributed by atoms with Crippen molar-refractivity contribution < 1.29 is 18.6 Å². The van der Waals surface area contributed by atoms with Gasteiger partial charge in [0.05, 0.1) is 11.1 Å². The second-order valence-corrected chi connectivity index (χ2v) is 12.2. The van der Waals surface area contributed by atoms with Gasteiger partial charge in [0.2, 0.25) is 0 Å². The predicted octanol–water partition coefficient (Wildman–Crippen LogP) is 5.19. The summed E-state index contributed by atoms with van der Waals surface area (Å²) in [5.74, 6) is 0.376. The monoisotopic (exact) mass is 557 g/mol. The third kappa shape index (κ3) is 4.12. The first kappa shape index (κ1) is 25.2. The molecule has 4 aliphatic rings. The van der Waals surface area contributed by atoms with Crippen molar-refractivity contribution in [3.8, 4) is 22.9 Å². The van der Waals surface area contributed by atoms with Gasteiger partial charge in [0.25, 0.3) is 0 Å². The largest absolute Gasteiger partial charge is 0.508 e. The molecule has 2 N–H and O–H groups in total. The molecule has 4 aliphatic heterocycles. The van der Waals surface area contributed by atoms with Gasteiger partial charge in [-0.05, 0) is 72.8 Å². The van der Waals surface area contributed by atoms with Crippen molar-refractivity contribution >= 4 is 27.5 Å². The number of anilines is 1. The van der Waals surface area contributed by atoms with E-state index >= 15 is 4.39 Å². The molecule has 7 nitrogen and oxygen atoms in total. The number of piperazine rings is 1. The Morgan fingerprint density at radius 1 is 1.02 bits per heavy atom. The molecule has 3 aromatic carbocycles. The molecule has 0 aliphatic carbocycles. The maximum atomic E-state index is 16.0. The minimum atomic E-state index is -0.842. The zero-order valence-corrected chi connectivity index (χ0v) is 22.8. The van der Waals surface area contributed by atoms with Gasteiger partial charge in [-0.3, -0.25) is 4.90 Å². The smallest absolute Gasteiger partial charge is 0.319 e. The van der Waals surface area contributed by atoms with Crippen LogP contribution >= 0.6 is 0 Å². The van der Waals surface area contributed by atoms with Gasteiger partial charge in [-0.1, -0.05) is 24.3 Å². The SMILES string of the molecule is Oc1cc(-c2cc3nc(OC[C@@]45CCCN4C[C@H](F)C5)nc(N4[C@@H]5CC[C@H]4CNC5)c3cc2F)c2ccccc2c1. The minimum absolute atomic E-state index is 0.0751. The lowest BCUT2D eigenvalue weighted by Crippen LogP contribution is -2.52. The first-order valence-corrected chi connectivity index (χ1v) is 14.7. The molecule has 0 spiro atoms. The summed E-state index contributed by atoms with van der Waals surface area (Å²) >= 11 is 0. The maximum absolute atomic E-state index is 16.0. The Hall–Kier alpha value is -3.56. The molecule has 0 saturated carbocycles. The van der Waals surface area contributed by atoms with Crippen LogP contribution < -0.4 is 15.0 Å². The highest BCUT2D eigenvalue weighted by Crippen LogP contribution is 2.42. The second-order valence-electron chi connectivity index (χ2n) is 12.2. The van der Waals surface area contributed by atoms with Gasteiger partial charge >= 0.3 is 6.01 Å². The summed E-state index contributed by atoms with van der Waals surface area (Å²) in [7, 11) is 0. The van der Waals surface area contributed by atoms with Crippen LogP contribution in [0.4, 0.5) is 14.6 Å². The fourth-order valence-electron chi connectivity index (χ4n) is 7.87. The van der Waals surface area contributed by atoms with Gasteiger partial charge in [-0.15, -0.1) is 0 Å². The van der Waals surface area contributed by atoms with Gasteiger partial charge in [0.15, 0.2) is 0 Å². The molecule has 9 heteroatoms. The van der Waals surface area contributed by atoms with Gasteiger partial charge in [-0.2, -0.15) is 9.97 Å². The number of ether oxygens (including phenoxy) is 1. The summed E-state index contributed by atoms with van der Waals surface area (Å²) in [6, 6.07) is 15.0. The highest BCUT2D eigenvalue weighted by atomic mass is 19.1. The molecule has 4 atom stereocenters. The summed E-state index contributed by atoms with van der Waals surface area (Å²) in [4.78, 5) is 14.3. The molecule has 4 saturated heterocycles. The number of phenolic OH excluding ortho intramolecular Hbond substituents is 1. The highest BCUT2D eigenvalue weighted by molar-refractivity contribution is 6.01. The van der Waals surface area contributed by atoms with E-state index in [2.05, 4.69) is 15.1 Å². The van der Waals surface area contributed by atoms with Crippen LogP contribution in [0.2, 0.25) is 0 Å². The summed E-state index contributed by atoms with van der Waals surface area (Å²) in [5, 5.41) is 16.3. The Morgan fingerprint density at radius 3 is 2.71 bits per heavy atom. The topological polar surface area (TPSA) is 73.8 Å². The molecule has 5 heterocycles. The summed E-state index contributed by atoms with van der Waals surface area (Å²) in [5.41, 5.74) is 1.23.